The second-order valence-electron chi connectivity index (χ2n) is 7.69. The minimum Gasteiger partial charge on any atom is -0.340 e. The summed E-state index contributed by atoms with van der Waals surface area (Å²) >= 11 is 0. The SMILES string of the molecule is Cc1cccc(NC(=O)CN(C)C(=O)C(NC(=O)c2ccc(F)cc2)C(C)C)c1C. The fourth-order valence-electron chi connectivity index (χ4n) is 2.95. The van der Waals surface area contributed by atoms with E-state index in [1.165, 1.54) is 36.2 Å². The minimum absolute atomic E-state index is 0.151. The van der Waals surface area contributed by atoms with Crippen LogP contribution in [0.3, 0.4) is 0 Å². The average molecular weight is 413 g/mol. The summed E-state index contributed by atoms with van der Waals surface area (Å²) in [5.74, 6) is -1.83. The van der Waals surface area contributed by atoms with E-state index in [1.54, 1.807) is 13.8 Å². The standard InChI is InChI=1S/C23H28FN3O3/c1-14(2)21(26-22(29)17-9-11-18(24)12-10-17)23(30)27(5)13-20(28)25-19-8-6-7-15(3)16(19)4/h6-12,14,21H,13H2,1-5H3,(H,25,28)(H,26,29). The monoisotopic (exact) mass is 413 g/mol. The Morgan fingerprint density at radius 2 is 1.67 bits per heavy atom. The molecule has 7 heteroatoms. The third-order valence-electron chi connectivity index (χ3n) is 4.96. The molecule has 2 N–H and O–H groups in total. The van der Waals surface area contributed by atoms with Crippen LogP contribution in [0.4, 0.5) is 10.1 Å². The van der Waals surface area contributed by atoms with Gasteiger partial charge in [-0.2, -0.15) is 0 Å². The van der Waals surface area contributed by atoms with Gasteiger partial charge in [0.25, 0.3) is 5.91 Å². The summed E-state index contributed by atoms with van der Waals surface area (Å²) < 4.78 is 13.1. The molecule has 0 radical (unpaired) electrons. The number of amides is 3. The lowest BCUT2D eigenvalue weighted by molar-refractivity contribution is -0.135. The van der Waals surface area contributed by atoms with Crippen LogP contribution < -0.4 is 10.6 Å². The van der Waals surface area contributed by atoms with Crippen LogP contribution in [0.15, 0.2) is 42.5 Å². The van der Waals surface area contributed by atoms with Crippen molar-refractivity contribution in [1.82, 2.24) is 10.2 Å². The highest BCUT2D eigenvalue weighted by molar-refractivity contribution is 5.99. The maximum Gasteiger partial charge on any atom is 0.251 e. The van der Waals surface area contributed by atoms with Crippen LogP contribution in [0.1, 0.15) is 35.3 Å². The molecule has 1 atom stereocenters. The first-order chi connectivity index (χ1) is 14.1. The number of halogens is 1. The number of nitrogens with zero attached hydrogens (tertiary/aromatic N) is 1. The van der Waals surface area contributed by atoms with Gasteiger partial charge < -0.3 is 15.5 Å². The molecule has 30 heavy (non-hydrogen) atoms. The molecule has 0 aliphatic carbocycles. The van der Waals surface area contributed by atoms with Crippen molar-refractivity contribution in [3.8, 4) is 0 Å². The van der Waals surface area contributed by atoms with Gasteiger partial charge in [0, 0.05) is 18.3 Å². The van der Waals surface area contributed by atoms with Crippen molar-refractivity contribution >= 4 is 23.4 Å². The van der Waals surface area contributed by atoms with Gasteiger partial charge in [-0.05, 0) is 61.2 Å². The van der Waals surface area contributed by atoms with E-state index in [9.17, 15) is 18.8 Å². The first kappa shape index (κ1) is 23.1. The van der Waals surface area contributed by atoms with Crippen LogP contribution in [-0.2, 0) is 9.59 Å². The molecule has 0 saturated heterocycles. The molecule has 0 aliphatic heterocycles. The molecule has 160 valence electrons. The highest BCUT2D eigenvalue weighted by atomic mass is 19.1. The molecular formula is C23H28FN3O3. The lowest BCUT2D eigenvalue weighted by Gasteiger charge is -2.27. The Bertz CT molecular complexity index is 926. The van der Waals surface area contributed by atoms with Crippen LogP contribution in [-0.4, -0.2) is 42.3 Å². The predicted octanol–water partition coefficient (Wildman–Crippen LogP) is 3.29. The Hall–Kier alpha value is -3.22. The number of aryl methyl sites for hydroxylation is 1. The molecule has 0 bridgehead atoms. The van der Waals surface area contributed by atoms with Crippen molar-refractivity contribution < 1.29 is 18.8 Å². The topological polar surface area (TPSA) is 78.5 Å². The van der Waals surface area contributed by atoms with Crippen LogP contribution in [0.25, 0.3) is 0 Å². The van der Waals surface area contributed by atoms with Crippen LogP contribution >= 0.6 is 0 Å². The number of nitrogens with one attached hydrogen (secondary N) is 2. The molecule has 0 fully saturated rings. The summed E-state index contributed by atoms with van der Waals surface area (Å²) in [6, 6.07) is 9.88. The second-order valence-corrected chi connectivity index (χ2v) is 7.69. The van der Waals surface area contributed by atoms with E-state index in [-0.39, 0.29) is 29.8 Å². The van der Waals surface area contributed by atoms with Gasteiger partial charge in [0.15, 0.2) is 0 Å². The van der Waals surface area contributed by atoms with Crippen molar-refractivity contribution in [3.63, 3.8) is 0 Å². The third kappa shape index (κ3) is 5.89. The van der Waals surface area contributed by atoms with Gasteiger partial charge in [-0.25, -0.2) is 4.39 Å². The molecule has 3 amide bonds. The Labute approximate surface area is 176 Å². The first-order valence-electron chi connectivity index (χ1n) is 9.77. The highest BCUT2D eigenvalue weighted by Crippen LogP contribution is 2.18. The molecular weight excluding hydrogens is 385 g/mol. The van der Waals surface area contributed by atoms with Gasteiger partial charge in [-0.1, -0.05) is 26.0 Å². The minimum atomic E-state index is -0.818. The zero-order valence-electron chi connectivity index (χ0n) is 18.0. The molecule has 0 saturated carbocycles. The molecule has 2 rings (SSSR count). The molecule has 0 heterocycles. The molecule has 0 aromatic heterocycles. The molecule has 1 unspecified atom stereocenters. The van der Waals surface area contributed by atoms with E-state index < -0.39 is 17.8 Å². The highest BCUT2D eigenvalue weighted by Gasteiger charge is 2.28. The summed E-state index contributed by atoms with van der Waals surface area (Å²) in [7, 11) is 1.52. The average Bonchev–Trinajstić information content (AvgIpc) is 2.69. The zero-order valence-corrected chi connectivity index (χ0v) is 18.0. The molecule has 2 aromatic carbocycles. The van der Waals surface area contributed by atoms with Crippen molar-refractivity contribution in [1.29, 1.82) is 0 Å². The number of carbonyl (C=O) groups is 3. The number of carbonyl (C=O) groups excluding carboxylic acids is 3. The van der Waals surface area contributed by atoms with Gasteiger partial charge in [-0.15, -0.1) is 0 Å². The quantitative estimate of drug-likeness (QED) is 0.731. The summed E-state index contributed by atoms with van der Waals surface area (Å²) in [6.45, 7) is 7.33. The van der Waals surface area contributed by atoms with Crippen LogP contribution in [0, 0.1) is 25.6 Å². The van der Waals surface area contributed by atoms with Crippen LogP contribution in [0.5, 0.6) is 0 Å². The lowest BCUT2D eigenvalue weighted by Crippen LogP contribution is -2.51. The van der Waals surface area contributed by atoms with Gasteiger partial charge in [0.2, 0.25) is 11.8 Å². The summed E-state index contributed by atoms with van der Waals surface area (Å²) in [5.41, 5.74) is 2.98. The number of rotatable bonds is 7. The Balaban J connectivity index is 2.03. The van der Waals surface area contributed by atoms with E-state index in [4.69, 9.17) is 0 Å². The van der Waals surface area contributed by atoms with Gasteiger partial charge in [0.05, 0.1) is 6.54 Å². The molecule has 6 nitrogen and oxygen atoms in total. The first-order valence-corrected chi connectivity index (χ1v) is 9.77. The smallest absolute Gasteiger partial charge is 0.251 e. The van der Waals surface area contributed by atoms with Crippen molar-refractivity contribution in [2.45, 2.75) is 33.7 Å². The van der Waals surface area contributed by atoms with E-state index in [1.807, 2.05) is 32.0 Å². The van der Waals surface area contributed by atoms with E-state index in [0.717, 1.165) is 11.1 Å². The third-order valence-corrected chi connectivity index (χ3v) is 4.96. The summed E-state index contributed by atoms with van der Waals surface area (Å²) in [4.78, 5) is 39.1. The van der Waals surface area contributed by atoms with Gasteiger partial charge in [0.1, 0.15) is 11.9 Å². The number of anilines is 1. The van der Waals surface area contributed by atoms with Crippen molar-refractivity contribution in [2.75, 3.05) is 18.9 Å². The zero-order chi connectivity index (χ0) is 22.4. The largest absolute Gasteiger partial charge is 0.340 e. The van der Waals surface area contributed by atoms with E-state index in [0.29, 0.717) is 5.69 Å². The fourth-order valence-corrected chi connectivity index (χ4v) is 2.95. The normalized spacial score (nSPS) is 11.7. The number of hydrogen-bond donors (Lipinski definition) is 2. The van der Waals surface area contributed by atoms with Crippen molar-refractivity contribution in [3.05, 3.63) is 65.0 Å². The summed E-state index contributed by atoms with van der Waals surface area (Å²) in [6.07, 6.45) is 0. The summed E-state index contributed by atoms with van der Waals surface area (Å²) in [5, 5.41) is 5.51. The molecule has 0 spiro atoms. The number of hydrogen-bond acceptors (Lipinski definition) is 3. The Kier molecular flexibility index (Phi) is 7.69. The second kappa shape index (κ2) is 10.0. The number of likely N-dealkylation sites (N-methyl/N-ethyl adjacent to an activating group) is 1. The van der Waals surface area contributed by atoms with E-state index >= 15 is 0 Å². The predicted molar refractivity (Wildman–Crippen MR) is 115 cm³/mol. The Morgan fingerprint density at radius 3 is 2.27 bits per heavy atom. The molecule has 2 aromatic rings. The molecule has 0 aliphatic rings. The maximum absolute atomic E-state index is 13.1. The van der Waals surface area contributed by atoms with Gasteiger partial charge in [-0.3, -0.25) is 14.4 Å². The number of benzene rings is 2. The van der Waals surface area contributed by atoms with Gasteiger partial charge >= 0.3 is 0 Å². The Morgan fingerprint density at radius 1 is 1.03 bits per heavy atom. The van der Waals surface area contributed by atoms with E-state index in [2.05, 4.69) is 10.6 Å². The maximum atomic E-state index is 13.1. The lowest BCUT2D eigenvalue weighted by atomic mass is 10.0. The fraction of sp³-hybridized carbons (Fsp3) is 0.348. The van der Waals surface area contributed by atoms with Crippen molar-refractivity contribution in [2.24, 2.45) is 5.92 Å². The van der Waals surface area contributed by atoms with Crippen LogP contribution in [0.2, 0.25) is 0 Å².